The number of piperidine rings is 1. The van der Waals surface area contributed by atoms with E-state index in [1.54, 1.807) is 12.5 Å². The van der Waals surface area contributed by atoms with E-state index in [9.17, 15) is 0 Å². The molecule has 6 nitrogen and oxygen atoms in total. The molecule has 1 fully saturated rings. The number of aryl methyl sites for hydroxylation is 2. The van der Waals surface area contributed by atoms with Crippen molar-refractivity contribution in [2.45, 2.75) is 45.7 Å². The highest BCUT2D eigenvalue weighted by Crippen LogP contribution is 2.19. The smallest absolute Gasteiger partial charge is 0.225 e. The van der Waals surface area contributed by atoms with Gasteiger partial charge < -0.3 is 10.2 Å². The van der Waals surface area contributed by atoms with Gasteiger partial charge in [-0.2, -0.15) is 0 Å². The number of nitrogens with zero attached hydrogens (tertiary/aromatic N) is 5. The summed E-state index contributed by atoms with van der Waals surface area (Å²) in [5, 5.41) is 3.67. The van der Waals surface area contributed by atoms with E-state index < -0.39 is 0 Å². The molecule has 23 heavy (non-hydrogen) atoms. The highest BCUT2D eigenvalue weighted by Gasteiger charge is 2.22. The van der Waals surface area contributed by atoms with Crippen LogP contribution in [0.2, 0.25) is 0 Å². The summed E-state index contributed by atoms with van der Waals surface area (Å²) >= 11 is 0. The van der Waals surface area contributed by atoms with Crippen LogP contribution in [0.5, 0.6) is 0 Å². The quantitative estimate of drug-likeness (QED) is 0.933. The van der Waals surface area contributed by atoms with Crippen molar-refractivity contribution in [1.82, 2.24) is 25.3 Å². The van der Waals surface area contributed by atoms with E-state index in [1.165, 1.54) is 0 Å². The standard InChI is InChI=1S/C17H24N6/c1-12-10-13(2)21-17(20-12)23-8-5-15(6-9-23)22-14(3)16-4-7-18-11-19-16/h4,7,10-11,14-15,22H,5-6,8-9H2,1-3H3/t14-/m1/s1. The van der Waals surface area contributed by atoms with Crippen LogP contribution in [0.1, 0.15) is 42.9 Å². The Morgan fingerprint density at radius 1 is 1.17 bits per heavy atom. The lowest BCUT2D eigenvalue weighted by molar-refractivity contribution is 0.375. The van der Waals surface area contributed by atoms with Crippen molar-refractivity contribution in [3.63, 3.8) is 0 Å². The summed E-state index contributed by atoms with van der Waals surface area (Å²) in [7, 11) is 0. The number of aromatic nitrogens is 4. The van der Waals surface area contributed by atoms with Crippen LogP contribution in [0, 0.1) is 13.8 Å². The first-order valence-electron chi connectivity index (χ1n) is 8.21. The van der Waals surface area contributed by atoms with Gasteiger partial charge in [0.25, 0.3) is 0 Å². The number of hydrogen-bond donors (Lipinski definition) is 1. The summed E-state index contributed by atoms with van der Waals surface area (Å²) in [5.41, 5.74) is 3.11. The molecule has 3 heterocycles. The second-order valence-corrected chi connectivity index (χ2v) is 6.23. The SMILES string of the molecule is Cc1cc(C)nc(N2CCC(N[C@H](C)c3ccncn3)CC2)n1. The minimum atomic E-state index is 0.243. The monoisotopic (exact) mass is 312 g/mol. The molecule has 0 unspecified atom stereocenters. The maximum Gasteiger partial charge on any atom is 0.225 e. The average molecular weight is 312 g/mol. The Morgan fingerprint density at radius 3 is 2.48 bits per heavy atom. The van der Waals surface area contributed by atoms with Gasteiger partial charge in [-0.25, -0.2) is 19.9 Å². The fourth-order valence-corrected chi connectivity index (χ4v) is 3.09. The predicted octanol–water partition coefficient (Wildman–Crippen LogP) is 2.20. The molecule has 0 amide bonds. The zero-order chi connectivity index (χ0) is 16.2. The van der Waals surface area contributed by atoms with Crippen molar-refractivity contribution in [3.05, 3.63) is 41.7 Å². The van der Waals surface area contributed by atoms with E-state index >= 15 is 0 Å². The fraction of sp³-hybridized carbons (Fsp3) is 0.529. The van der Waals surface area contributed by atoms with Crippen molar-refractivity contribution in [1.29, 1.82) is 0 Å². The molecule has 2 aromatic heterocycles. The van der Waals surface area contributed by atoms with Crippen LogP contribution in [-0.2, 0) is 0 Å². The lowest BCUT2D eigenvalue weighted by atomic mass is 10.0. The third-order valence-electron chi connectivity index (χ3n) is 4.28. The van der Waals surface area contributed by atoms with Crippen LogP contribution in [0.25, 0.3) is 0 Å². The number of hydrogen-bond acceptors (Lipinski definition) is 6. The average Bonchev–Trinajstić information content (AvgIpc) is 2.55. The molecule has 0 aliphatic carbocycles. The van der Waals surface area contributed by atoms with E-state index in [2.05, 4.69) is 37.1 Å². The number of rotatable bonds is 4. The summed E-state index contributed by atoms with van der Waals surface area (Å²) in [5.74, 6) is 0.866. The lowest BCUT2D eigenvalue weighted by Crippen LogP contribution is -2.44. The van der Waals surface area contributed by atoms with Gasteiger partial charge in [0.1, 0.15) is 6.33 Å². The Hall–Kier alpha value is -2.08. The van der Waals surface area contributed by atoms with E-state index in [0.717, 1.165) is 49.0 Å². The van der Waals surface area contributed by atoms with Crippen molar-refractivity contribution < 1.29 is 0 Å². The summed E-state index contributed by atoms with van der Waals surface area (Å²) in [6.07, 6.45) is 5.58. The lowest BCUT2D eigenvalue weighted by Gasteiger charge is -2.34. The van der Waals surface area contributed by atoms with Crippen molar-refractivity contribution >= 4 is 5.95 Å². The van der Waals surface area contributed by atoms with Crippen LogP contribution in [0.4, 0.5) is 5.95 Å². The fourth-order valence-electron chi connectivity index (χ4n) is 3.09. The van der Waals surface area contributed by atoms with Crippen LogP contribution >= 0.6 is 0 Å². The molecule has 0 saturated carbocycles. The largest absolute Gasteiger partial charge is 0.341 e. The molecular formula is C17H24N6. The molecule has 0 radical (unpaired) electrons. The van der Waals surface area contributed by atoms with Crippen molar-refractivity contribution in [2.75, 3.05) is 18.0 Å². The van der Waals surface area contributed by atoms with Crippen LogP contribution in [-0.4, -0.2) is 39.1 Å². The maximum atomic E-state index is 4.57. The highest BCUT2D eigenvalue weighted by atomic mass is 15.3. The molecule has 1 aliphatic heterocycles. The summed E-state index contributed by atoms with van der Waals surface area (Å²) in [6, 6.07) is 4.73. The topological polar surface area (TPSA) is 66.8 Å². The molecular weight excluding hydrogens is 288 g/mol. The van der Waals surface area contributed by atoms with Crippen molar-refractivity contribution in [3.8, 4) is 0 Å². The van der Waals surface area contributed by atoms with Gasteiger partial charge in [-0.15, -0.1) is 0 Å². The molecule has 122 valence electrons. The molecule has 1 atom stereocenters. The minimum absolute atomic E-state index is 0.243. The Labute approximate surface area is 137 Å². The zero-order valence-corrected chi connectivity index (χ0v) is 14.0. The summed E-state index contributed by atoms with van der Waals surface area (Å²) in [4.78, 5) is 19.7. The summed E-state index contributed by atoms with van der Waals surface area (Å²) in [6.45, 7) is 8.17. The Morgan fingerprint density at radius 2 is 1.87 bits per heavy atom. The molecule has 1 saturated heterocycles. The molecule has 3 rings (SSSR count). The van der Waals surface area contributed by atoms with E-state index in [4.69, 9.17) is 0 Å². The molecule has 1 N–H and O–H groups in total. The van der Waals surface area contributed by atoms with Gasteiger partial charge in [0.2, 0.25) is 5.95 Å². The van der Waals surface area contributed by atoms with Gasteiger partial charge in [-0.3, -0.25) is 0 Å². The highest BCUT2D eigenvalue weighted by molar-refractivity contribution is 5.32. The van der Waals surface area contributed by atoms with E-state index in [-0.39, 0.29) is 6.04 Å². The van der Waals surface area contributed by atoms with Gasteiger partial charge in [-0.05, 0) is 45.7 Å². The number of anilines is 1. The Bertz CT molecular complexity index is 617. The van der Waals surface area contributed by atoms with Crippen LogP contribution in [0.15, 0.2) is 24.7 Å². The van der Waals surface area contributed by atoms with Gasteiger partial charge in [0, 0.05) is 42.8 Å². The van der Waals surface area contributed by atoms with Gasteiger partial charge in [0.05, 0.1) is 5.69 Å². The maximum absolute atomic E-state index is 4.57. The van der Waals surface area contributed by atoms with Crippen LogP contribution in [0.3, 0.4) is 0 Å². The molecule has 0 aromatic carbocycles. The summed E-state index contributed by atoms with van der Waals surface area (Å²) < 4.78 is 0. The second kappa shape index (κ2) is 7.00. The molecule has 2 aromatic rings. The third kappa shape index (κ3) is 4.01. The first kappa shape index (κ1) is 15.8. The minimum Gasteiger partial charge on any atom is -0.341 e. The first-order valence-corrected chi connectivity index (χ1v) is 8.21. The zero-order valence-electron chi connectivity index (χ0n) is 14.0. The molecule has 0 bridgehead atoms. The Balaban J connectivity index is 1.56. The van der Waals surface area contributed by atoms with Crippen molar-refractivity contribution in [2.24, 2.45) is 0 Å². The predicted molar refractivity (Wildman–Crippen MR) is 90.3 cm³/mol. The van der Waals surface area contributed by atoms with Gasteiger partial charge in [0.15, 0.2) is 0 Å². The third-order valence-corrected chi connectivity index (χ3v) is 4.28. The second-order valence-electron chi connectivity index (χ2n) is 6.23. The van der Waals surface area contributed by atoms with E-state index in [1.807, 2.05) is 26.0 Å². The number of nitrogens with one attached hydrogen (secondary N) is 1. The molecule has 6 heteroatoms. The molecule has 0 spiro atoms. The van der Waals surface area contributed by atoms with Gasteiger partial charge in [-0.1, -0.05) is 0 Å². The van der Waals surface area contributed by atoms with Gasteiger partial charge >= 0.3 is 0 Å². The molecule has 1 aliphatic rings. The normalized spacial score (nSPS) is 17.3. The first-order chi connectivity index (χ1) is 11.1. The van der Waals surface area contributed by atoms with E-state index in [0.29, 0.717) is 6.04 Å². The Kier molecular flexibility index (Phi) is 4.81. The van der Waals surface area contributed by atoms with Crippen LogP contribution < -0.4 is 10.2 Å².